The van der Waals surface area contributed by atoms with Crippen LogP contribution in [0.1, 0.15) is 11.1 Å². The lowest BCUT2D eigenvalue weighted by Gasteiger charge is -2.06. The molecule has 0 saturated carbocycles. The van der Waals surface area contributed by atoms with Crippen molar-refractivity contribution in [3.05, 3.63) is 29.3 Å². The van der Waals surface area contributed by atoms with Crippen LogP contribution in [0, 0.1) is 12.3 Å². The largest absolute Gasteiger partial charge is 0.392 e. The molecule has 0 aliphatic heterocycles. The zero-order valence-corrected chi connectivity index (χ0v) is 7.99. The first-order valence-corrected chi connectivity index (χ1v) is 4.26. The second kappa shape index (κ2) is 5.14. The van der Waals surface area contributed by atoms with Gasteiger partial charge in [-0.2, -0.15) is 5.10 Å². The maximum Gasteiger partial charge on any atom is 0.0702 e. The molecule has 0 bridgehead atoms. The van der Waals surface area contributed by atoms with Gasteiger partial charge < -0.3 is 10.5 Å². The van der Waals surface area contributed by atoms with Gasteiger partial charge >= 0.3 is 0 Å². The Bertz CT molecular complexity index is 347. The van der Waals surface area contributed by atoms with Crippen molar-refractivity contribution in [3.63, 3.8) is 0 Å². The number of aliphatic hydroxyl groups excluding tert-OH is 1. The Hall–Kier alpha value is -1.68. The van der Waals surface area contributed by atoms with Crippen molar-refractivity contribution in [2.45, 2.75) is 13.5 Å². The maximum absolute atomic E-state index is 9.06. The molecule has 0 unspecified atom stereocenters. The minimum atomic E-state index is -0.0237. The van der Waals surface area contributed by atoms with Crippen LogP contribution in [0.25, 0.3) is 0 Å². The predicted octanol–water partition coefficient (Wildman–Crippen LogP) is 1.53. The van der Waals surface area contributed by atoms with Gasteiger partial charge in [-0.25, -0.2) is 0 Å². The monoisotopic (exact) mass is 191 g/mol. The van der Waals surface area contributed by atoms with Gasteiger partial charge in [0.1, 0.15) is 0 Å². The summed E-state index contributed by atoms with van der Waals surface area (Å²) in [7, 11) is 0. The van der Waals surface area contributed by atoms with Gasteiger partial charge in [-0.3, -0.25) is 5.43 Å². The van der Waals surface area contributed by atoms with E-state index in [-0.39, 0.29) is 6.61 Å². The van der Waals surface area contributed by atoms with Crippen LogP contribution in [-0.4, -0.2) is 17.5 Å². The summed E-state index contributed by atoms with van der Waals surface area (Å²) >= 11 is 0. The summed E-state index contributed by atoms with van der Waals surface area (Å²) in [4.78, 5) is 0. The number of nitrogens with zero attached hydrogens (tertiary/aromatic N) is 1. The number of anilines is 1. The van der Waals surface area contributed by atoms with Gasteiger partial charge in [0.2, 0.25) is 0 Å². The fourth-order valence-corrected chi connectivity index (χ4v) is 1.11. The number of benzene rings is 1. The molecule has 0 fully saturated rings. The number of hydrogen-bond acceptors (Lipinski definition) is 4. The van der Waals surface area contributed by atoms with Crippen LogP contribution in [-0.2, 0) is 6.61 Å². The molecule has 4 heteroatoms. The first-order valence-electron chi connectivity index (χ1n) is 4.26. The summed E-state index contributed by atoms with van der Waals surface area (Å²) in [5.41, 5.74) is 5.40. The van der Waals surface area contributed by atoms with Crippen molar-refractivity contribution in [1.82, 2.24) is 0 Å². The molecule has 0 radical (unpaired) electrons. The molecule has 1 rings (SSSR count). The van der Waals surface area contributed by atoms with Crippen molar-refractivity contribution in [2.75, 3.05) is 5.43 Å². The van der Waals surface area contributed by atoms with Gasteiger partial charge in [-0.1, -0.05) is 17.7 Å². The topological polar surface area (TPSA) is 68.5 Å². The van der Waals surface area contributed by atoms with Gasteiger partial charge in [0.05, 0.1) is 18.5 Å². The van der Waals surface area contributed by atoms with Crippen molar-refractivity contribution in [1.29, 1.82) is 5.41 Å². The summed E-state index contributed by atoms with van der Waals surface area (Å²) in [6, 6.07) is 5.67. The fourth-order valence-electron chi connectivity index (χ4n) is 1.11. The van der Waals surface area contributed by atoms with E-state index in [0.29, 0.717) is 0 Å². The summed E-state index contributed by atoms with van der Waals surface area (Å²) < 4.78 is 0. The summed E-state index contributed by atoms with van der Waals surface area (Å²) in [5.74, 6) is 0. The smallest absolute Gasteiger partial charge is 0.0702 e. The molecule has 0 spiro atoms. The summed E-state index contributed by atoms with van der Waals surface area (Å²) in [5, 5.41) is 19.6. The van der Waals surface area contributed by atoms with Gasteiger partial charge in [0.15, 0.2) is 0 Å². The molecule has 0 aliphatic carbocycles. The van der Waals surface area contributed by atoms with Crippen LogP contribution in [0.15, 0.2) is 23.3 Å². The molecule has 0 heterocycles. The van der Waals surface area contributed by atoms with Crippen LogP contribution in [0.2, 0.25) is 0 Å². The van der Waals surface area contributed by atoms with E-state index in [1.807, 2.05) is 25.1 Å². The van der Waals surface area contributed by atoms with E-state index in [1.54, 1.807) is 0 Å². The minimum absolute atomic E-state index is 0.0237. The Balaban J connectivity index is 2.85. The molecule has 3 N–H and O–H groups in total. The first-order chi connectivity index (χ1) is 6.77. The number of nitrogens with one attached hydrogen (secondary N) is 2. The lowest BCUT2D eigenvalue weighted by Crippen LogP contribution is -1.96. The van der Waals surface area contributed by atoms with Crippen molar-refractivity contribution < 1.29 is 5.11 Å². The highest BCUT2D eigenvalue weighted by Gasteiger charge is 1.99. The SMILES string of the molecule is Cc1ccc(N/N=C\C=N)c(CO)c1. The normalized spacial score (nSPS) is 10.4. The molecular weight excluding hydrogens is 178 g/mol. The second-order valence-electron chi connectivity index (χ2n) is 2.88. The molecular formula is C10H13N3O. The number of hydrazone groups is 1. The molecule has 74 valence electrons. The highest BCUT2D eigenvalue weighted by Crippen LogP contribution is 2.16. The average Bonchev–Trinajstić information content (AvgIpc) is 2.20. The number of aryl methyl sites for hydroxylation is 1. The number of hydrogen-bond donors (Lipinski definition) is 3. The van der Waals surface area contributed by atoms with Crippen LogP contribution in [0.3, 0.4) is 0 Å². The first kappa shape index (κ1) is 10.4. The third-order valence-electron chi connectivity index (χ3n) is 1.77. The molecule has 0 saturated heterocycles. The summed E-state index contributed by atoms with van der Waals surface area (Å²) in [6.45, 7) is 1.94. The highest BCUT2D eigenvalue weighted by molar-refractivity contribution is 6.14. The lowest BCUT2D eigenvalue weighted by molar-refractivity contribution is 0.282. The Morgan fingerprint density at radius 3 is 3.00 bits per heavy atom. The predicted molar refractivity (Wildman–Crippen MR) is 58.0 cm³/mol. The molecule has 14 heavy (non-hydrogen) atoms. The van der Waals surface area contributed by atoms with Crippen molar-refractivity contribution >= 4 is 18.1 Å². The quantitative estimate of drug-likeness (QED) is 0.499. The highest BCUT2D eigenvalue weighted by atomic mass is 16.3. The van der Waals surface area contributed by atoms with Crippen LogP contribution in [0.5, 0.6) is 0 Å². The van der Waals surface area contributed by atoms with E-state index in [0.717, 1.165) is 23.0 Å². The third kappa shape index (κ3) is 2.67. The Morgan fingerprint density at radius 2 is 2.36 bits per heavy atom. The summed E-state index contributed by atoms with van der Waals surface area (Å²) in [6.07, 6.45) is 2.42. The van der Waals surface area contributed by atoms with Crippen LogP contribution >= 0.6 is 0 Å². The van der Waals surface area contributed by atoms with Gasteiger partial charge in [0, 0.05) is 11.8 Å². The van der Waals surface area contributed by atoms with Crippen molar-refractivity contribution in [2.24, 2.45) is 5.10 Å². The maximum atomic E-state index is 9.06. The minimum Gasteiger partial charge on any atom is -0.392 e. The Kier molecular flexibility index (Phi) is 3.82. The Morgan fingerprint density at radius 1 is 1.57 bits per heavy atom. The number of rotatable bonds is 4. The van der Waals surface area contributed by atoms with E-state index >= 15 is 0 Å². The van der Waals surface area contributed by atoms with E-state index < -0.39 is 0 Å². The van der Waals surface area contributed by atoms with E-state index in [9.17, 15) is 0 Å². The van der Waals surface area contributed by atoms with Gasteiger partial charge in [-0.15, -0.1) is 0 Å². The Labute approximate surface area is 82.8 Å². The number of aliphatic hydroxyl groups is 1. The molecule has 0 aliphatic rings. The average molecular weight is 191 g/mol. The zero-order valence-electron chi connectivity index (χ0n) is 7.99. The molecule has 0 amide bonds. The molecule has 1 aromatic carbocycles. The molecule has 0 aromatic heterocycles. The van der Waals surface area contributed by atoms with E-state index in [2.05, 4.69) is 10.5 Å². The van der Waals surface area contributed by atoms with Crippen molar-refractivity contribution in [3.8, 4) is 0 Å². The fraction of sp³-hybridized carbons (Fsp3) is 0.200. The van der Waals surface area contributed by atoms with E-state index in [4.69, 9.17) is 10.5 Å². The standard InChI is InChI=1S/C10H13N3O/c1-8-2-3-10(9(6-8)7-14)13-12-5-4-11/h2-6,11,13-14H,7H2,1H3/b11-4?,12-5-. The van der Waals surface area contributed by atoms with Gasteiger partial charge in [-0.05, 0) is 13.0 Å². The third-order valence-corrected chi connectivity index (χ3v) is 1.77. The molecule has 0 atom stereocenters. The lowest BCUT2D eigenvalue weighted by atomic mass is 10.1. The molecule has 1 aromatic rings. The molecule has 4 nitrogen and oxygen atoms in total. The van der Waals surface area contributed by atoms with E-state index in [1.165, 1.54) is 6.21 Å². The van der Waals surface area contributed by atoms with Gasteiger partial charge in [0.25, 0.3) is 0 Å². The van der Waals surface area contributed by atoms with Crippen LogP contribution < -0.4 is 5.43 Å². The van der Waals surface area contributed by atoms with Crippen LogP contribution in [0.4, 0.5) is 5.69 Å². The zero-order chi connectivity index (χ0) is 10.4. The second-order valence-corrected chi connectivity index (χ2v) is 2.88.